The first-order chi connectivity index (χ1) is 34.6. The largest absolute Gasteiger partial charge is 0.469 e. The number of phosphoric acid groups is 1. The van der Waals surface area contributed by atoms with Gasteiger partial charge in [0.1, 0.15) is 30.0 Å². The molecule has 0 spiro atoms. The van der Waals surface area contributed by atoms with Crippen molar-refractivity contribution >= 4 is 49.4 Å². The highest BCUT2D eigenvalue weighted by molar-refractivity contribution is 7.46. The average Bonchev–Trinajstić information content (AvgIpc) is 3.33. The van der Waals surface area contributed by atoms with Gasteiger partial charge in [-0.25, -0.2) is 14.2 Å². The molecule has 1 saturated heterocycles. The minimum absolute atomic E-state index is 0.0124. The van der Waals surface area contributed by atoms with E-state index in [2.05, 4.69) is 5.32 Å². The van der Waals surface area contributed by atoms with Gasteiger partial charge in [-0.3, -0.25) is 28.5 Å². The zero-order chi connectivity index (χ0) is 54.3. The molecule has 398 valence electrons. The molecule has 11 atom stereocenters. The van der Waals surface area contributed by atoms with E-state index >= 15 is 4.79 Å². The molecule has 20 nitrogen and oxygen atoms in total. The number of carbonyl (C=O) groups is 7. The van der Waals surface area contributed by atoms with Crippen LogP contribution in [0, 0.1) is 22.2 Å². The summed E-state index contributed by atoms with van der Waals surface area (Å²) in [7, 11) is -4.98. The Bertz CT molecular complexity index is 2740. The first-order valence-corrected chi connectivity index (χ1v) is 25.5. The fourth-order valence-corrected chi connectivity index (χ4v) is 11.8. The van der Waals surface area contributed by atoms with Gasteiger partial charge in [-0.2, -0.15) is 0 Å². The maximum atomic E-state index is 16.2. The minimum atomic E-state index is -4.98. The quantitative estimate of drug-likeness (QED) is 0.0556. The molecule has 2 saturated carbocycles. The summed E-state index contributed by atoms with van der Waals surface area (Å²) in [6.07, 6.45) is -12.0. The van der Waals surface area contributed by atoms with E-state index in [1.54, 1.807) is 66.7 Å². The molecule has 5 N–H and O–H groups in total. The smallest absolute Gasteiger partial charge is 0.461 e. The monoisotopic (exact) mass is 1050 g/mol. The van der Waals surface area contributed by atoms with Crippen molar-refractivity contribution in [1.29, 1.82) is 0 Å². The summed E-state index contributed by atoms with van der Waals surface area (Å²) >= 11 is 0. The van der Waals surface area contributed by atoms with E-state index in [4.69, 9.17) is 32.9 Å². The fourth-order valence-electron chi connectivity index (χ4n) is 11.2. The molecular formula is C53H62NO19P. The van der Waals surface area contributed by atoms with Crippen LogP contribution in [0.1, 0.15) is 107 Å². The van der Waals surface area contributed by atoms with Crippen LogP contribution in [0.4, 0.5) is 0 Å². The number of rotatable bonds is 16. The van der Waals surface area contributed by atoms with Gasteiger partial charge in [-0.15, -0.1) is 0 Å². The van der Waals surface area contributed by atoms with Crippen molar-refractivity contribution in [3.05, 3.63) is 119 Å². The van der Waals surface area contributed by atoms with Crippen LogP contribution in [0.15, 0.2) is 102 Å². The number of benzene rings is 3. The lowest BCUT2D eigenvalue weighted by atomic mass is 9.44. The second-order valence-electron chi connectivity index (χ2n) is 20.9. The number of hydrogen-bond acceptors (Lipinski definition) is 17. The number of esters is 5. The Morgan fingerprint density at radius 3 is 1.96 bits per heavy atom. The number of amides is 1. The van der Waals surface area contributed by atoms with Crippen LogP contribution in [-0.4, -0.2) is 123 Å². The first-order valence-electron chi connectivity index (χ1n) is 24.0. The van der Waals surface area contributed by atoms with Gasteiger partial charge in [0.15, 0.2) is 23.6 Å². The van der Waals surface area contributed by atoms with Gasteiger partial charge in [0.05, 0.1) is 42.6 Å². The molecule has 0 aromatic heterocycles. The van der Waals surface area contributed by atoms with E-state index in [0.717, 1.165) is 13.8 Å². The zero-order valence-corrected chi connectivity index (χ0v) is 43.1. The van der Waals surface area contributed by atoms with E-state index in [9.17, 15) is 53.3 Å². The molecule has 3 aromatic rings. The number of ether oxygens (including phenoxy) is 6. The van der Waals surface area contributed by atoms with Crippen molar-refractivity contribution in [3.63, 3.8) is 0 Å². The molecule has 21 heteroatoms. The highest BCUT2D eigenvalue weighted by Crippen LogP contribution is 2.65. The molecule has 74 heavy (non-hydrogen) atoms. The normalized spacial score (nSPS) is 29.0. The SMILES string of the molecule is CC(=O)O[C@H]1C(=O)[C@]2(C)[C@@H](OC(=O)CC(C)(C)COP(=O)(O)O)C[C@H]3OC[C@@]3(OC(C)=O)[C@H]2[C@H](OC(=O)c2ccccc2)[C@]2(O)C[C@H](OC(=O)[C@H](O)[C@@H](NC(=O)c3ccccc3)c3ccccc3)C(C)=C1C2(C)C. The molecular weight excluding hydrogens is 986 g/mol. The number of fused-ring (bicyclic) bond motifs is 5. The number of Topliss-reactive ketones (excluding diaryl/α,β-unsaturated/α-hetero) is 1. The van der Waals surface area contributed by atoms with Gasteiger partial charge >= 0.3 is 37.7 Å². The van der Waals surface area contributed by atoms with Crippen molar-refractivity contribution in [1.82, 2.24) is 5.32 Å². The average molecular weight is 1050 g/mol. The number of aliphatic hydroxyl groups excluding tert-OH is 1. The summed E-state index contributed by atoms with van der Waals surface area (Å²) < 4.78 is 53.4. The third kappa shape index (κ3) is 10.7. The molecule has 3 aliphatic carbocycles. The molecule has 4 aliphatic rings. The maximum absolute atomic E-state index is 16.2. The Morgan fingerprint density at radius 2 is 1.42 bits per heavy atom. The molecule has 1 aliphatic heterocycles. The minimum Gasteiger partial charge on any atom is -0.461 e. The Morgan fingerprint density at radius 1 is 0.838 bits per heavy atom. The van der Waals surface area contributed by atoms with Crippen LogP contribution in [-0.2, 0) is 61.5 Å². The van der Waals surface area contributed by atoms with Crippen LogP contribution < -0.4 is 5.32 Å². The molecule has 0 unspecified atom stereocenters. The number of ketones is 1. The van der Waals surface area contributed by atoms with Gasteiger partial charge in [-0.05, 0) is 60.2 Å². The number of nitrogens with one attached hydrogen (secondary N) is 1. The summed E-state index contributed by atoms with van der Waals surface area (Å²) in [5.74, 6) is -8.51. The van der Waals surface area contributed by atoms with E-state index in [-0.39, 0.29) is 28.7 Å². The molecule has 0 radical (unpaired) electrons. The van der Waals surface area contributed by atoms with Gasteiger partial charge < -0.3 is 53.7 Å². The van der Waals surface area contributed by atoms with E-state index in [0.29, 0.717) is 5.56 Å². The molecule has 1 amide bonds. The van der Waals surface area contributed by atoms with Gasteiger partial charge in [0, 0.05) is 37.7 Å². The van der Waals surface area contributed by atoms with Crippen LogP contribution in [0.3, 0.4) is 0 Å². The molecule has 3 aromatic carbocycles. The van der Waals surface area contributed by atoms with Crippen LogP contribution in [0.5, 0.6) is 0 Å². The lowest BCUT2D eigenvalue weighted by Crippen LogP contribution is -2.82. The Kier molecular flexibility index (Phi) is 15.7. The number of aliphatic hydroxyl groups is 2. The number of hydrogen-bond donors (Lipinski definition) is 5. The topological polar surface area (TPSA) is 294 Å². The van der Waals surface area contributed by atoms with Crippen LogP contribution >= 0.6 is 7.82 Å². The lowest BCUT2D eigenvalue weighted by molar-refractivity contribution is -0.346. The second kappa shape index (κ2) is 20.9. The van der Waals surface area contributed by atoms with Crippen molar-refractivity contribution in [2.75, 3.05) is 13.2 Å². The van der Waals surface area contributed by atoms with Crippen molar-refractivity contribution in [2.45, 2.75) is 129 Å². The second-order valence-corrected chi connectivity index (χ2v) is 22.2. The molecule has 1 heterocycles. The zero-order valence-electron chi connectivity index (χ0n) is 42.2. The number of carbonyl (C=O) groups excluding carboxylic acids is 7. The third-order valence-corrected chi connectivity index (χ3v) is 15.4. The van der Waals surface area contributed by atoms with Gasteiger partial charge in [0.2, 0.25) is 0 Å². The lowest BCUT2D eigenvalue weighted by Gasteiger charge is -2.67. The predicted molar refractivity (Wildman–Crippen MR) is 258 cm³/mol. The van der Waals surface area contributed by atoms with E-state index in [1.807, 2.05) is 0 Å². The molecule has 2 bridgehead atoms. The highest BCUT2D eigenvalue weighted by atomic mass is 31.2. The van der Waals surface area contributed by atoms with E-state index in [1.165, 1.54) is 65.8 Å². The third-order valence-electron chi connectivity index (χ3n) is 15.0. The predicted octanol–water partition coefficient (Wildman–Crippen LogP) is 4.81. The molecule has 3 fully saturated rings. The highest BCUT2D eigenvalue weighted by Gasteiger charge is 2.79. The summed E-state index contributed by atoms with van der Waals surface area (Å²) in [5.41, 5.74) is -9.33. The summed E-state index contributed by atoms with van der Waals surface area (Å²) in [6, 6.07) is 22.4. The van der Waals surface area contributed by atoms with Crippen molar-refractivity contribution in [3.8, 4) is 0 Å². The number of phosphoric ester groups is 1. The van der Waals surface area contributed by atoms with Gasteiger partial charge in [-0.1, -0.05) is 94.4 Å². The summed E-state index contributed by atoms with van der Waals surface area (Å²) in [5, 5.41) is 28.7. The van der Waals surface area contributed by atoms with E-state index < -0.39 is 151 Å². The van der Waals surface area contributed by atoms with Crippen LogP contribution in [0.2, 0.25) is 0 Å². The summed E-state index contributed by atoms with van der Waals surface area (Å²) in [6.45, 7) is 9.90. The summed E-state index contributed by atoms with van der Waals surface area (Å²) in [4.78, 5) is 119. The molecule has 7 rings (SSSR count). The standard InChI is InChI=1S/C53H62NO19P/c1-29-35(70-48(62)41(58)40(32-18-12-9-13-19-32)54-46(60)33-20-14-10-15-21-33)25-53(63)45(72-47(61)34-22-16-11-17-23-34)43-51(8,44(59)42(69-30(2)55)39(29)50(53,6)7)36(24-37-52(43,28-67-37)73-31(3)56)71-38(57)26-49(4,5)27-68-74(64,65)66/h9-23,35-37,40-43,45,58,63H,24-28H2,1-8H3,(H,54,60)(H2,64,65,66)/t35-,36-,37+,40-,41+,42+,43-,45-,51+,52-,53+/m0/s1. The Hall–Kier alpha value is -6.12. The first kappa shape index (κ1) is 55.6. The van der Waals surface area contributed by atoms with Crippen LogP contribution in [0.25, 0.3) is 0 Å². The Balaban J connectivity index is 1.41. The Labute approximate surface area is 427 Å². The van der Waals surface area contributed by atoms with Gasteiger partial charge in [0.25, 0.3) is 5.91 Å². The van der Waals surface area contributed by atoms with Crippen molar-refractivity contribution in [2.24, 2.45) is 22.2 Å². The van der Waals surface area contributed by atoms with Crippen molar-refractivity contribution < 1.29 is 91.1 Å². The fraction of sp³-hybridized carbons (Fsp3) is 0.491. The maximum Gasteiger partial charge on any atom is 0.469 e.